The molecule has 9 heteroatoms. The lowest BCUT2D eigenvalue weighted by Gasteiger charge is -2.39. The van der Waals surface area contributed by atoms with Crippen molar-refractivity contribution in [2.75, 3.05) is 7.11 Å². The van der Waals surface area contributed by atoms with E-state index in [4.69, 9.17) is 4.74 Å². The van der Waals surface area contributed by atoms with Crippen LogP contribution in [0.1, 0.15) is 21.9 Å². The standard InChI is InChI=1S/C22H22N2O5S2/c1-29-16-7-9-17(10-8-16)31(27,28)24-14-20-18(11-12-30-20)19(21(24)22(25)23-26)13-15-5-3-2-4-6-15/h2-12,19,21,26H,13-14H2,1H3,(H,23,25)/t19-,21-/m0/s1. The number of nitrogens with one attached hydrogen (secondary N) is 1. The monoisotopic (exact) mass is 458 g/mol. The molecule has 2 aromatic carbocycles. The van der Waals surface area contributed by atoms with E-state index in [9.17, 15) is 18.4 Å². The van der Waals surface area contributed by atoms with E-state index in [1.54, 1.807) is 17.6 Å². The molecule has 0 bridgehead atoms. The summed E-state index contributed by atoms with van der Waals surface area (Å²) in [6.45, 7) is 0.0603. The highest BCUT2D eigenvalue weighted by molar-refractivity contribution is 7.89. The SMILES string of the molecule is COc1ccc(S(=O)(=O)N2Cc3sccc3[C@H](Cc3ccccc3)[C@H]2C(=O)NO)cc1. The number of hydrogen-bond donors (Lipinski definition) is 2. The summed E-state index contributed by atoms with van der Waals surface area (Å²) in [6, 6.07) is 16.5. The van der Waals surface area contributed by atoms with Gasteiger partial charge < -0.3 is 4.74 Å². The number of thiophene rings is 1. The molecule has 1 aliphatic heterocycles. The first-order chi connectivity index (χ1) is 15.0. The Labute approximate surface area is 184 Å². The minimum absolute atomic E-state index is 0.0579. The lowest BCUT2D eigenvalue weighted by molar-refractivity contribution is -0.134. The third kappa shape index (κ3) is 4.09. The third-order valence-corrected chi connectivity index (χ3v) is 8.28. The van der Waals surface area contributed by atoms with E-state index in [-0.39, 0.29) is 11.4 Å². The van der Waals surface area contributed by atoms with Gasteiger partial charge in [0.2, 0.25) is 10.0 Å². The Hall–Kier alpha value is -2.72. The largest absolute Gasteiger partial charge is 0.497 e. The molecule has 0 aliphatic carbocycles. The number of hydroxylamine groups is 1. The Balaban J connectivity index is 1.80. The first-order valence-electron chi connectivity index (χ1n) is 9.65. The fourth-order valence-electron chi connectivity index (χ4n) is 4.01. The molecule has 1 aromatic heterocycles. The minimum Gasteiger partial charge on any atom is -0.497 e. The molecular formula is C22H22N2O5S2. The minimum atomic E-state index is -4.02. The Morgan fingerprint density at radius 1 is 1.16 bits per heavy atom. The maximum Gasteiger partial charge on any atom is 0.262 e. The number of rotatable bonds is 6. The van der Waals surface area contributed by atoms with E-state index in [0.29, 0.717) is 12.2 Å². The van der Waals surface area contributed by atoms with E-state index in [1.165, 1.54) is 34.9 Å². The van der Waals surface area contributed by atoms with Crippen molar-refractivity contribution in [2.24, 2.45) is 0 Å². The number of carbonyl (C=O) groups is 1. The molecule has 0 fully saturated rings. The number of benzene rings is 2. The van der Waals surface area contributed by atoms with Crippen LogP contribution < -0.4 is 10.2 Å². The molecule has 2 atom stereocenters. The van der Waals surface area contributed by atoms with Gasteiger partial charge >= 0.3 is 0 Å². The molecule has 1 aliphatic rings. The molecule has 0 spiro atoms. The first kappa shape index (κ1) is 21.5. The topological polar surface area (TPSA) is 95.9 Å². The molecule has 162 valence electrons. The summed E-state index contributed by atoms with van der Waals surface area (Å²) in [5.41, 5.74) is 3.59. The highest BCUT2D eigenvalue weighted by Crippen LogP contribution is 2.41. The van der Waals surface area contributed by atoms with E-state index in [2.05, 4.69) is 0 Å². The molecule has 0 saturated carbocycles. The van der Waals surface area contributed by atoms with Gasteiger partial charge in [-0.25, -0.2) is 13.9 Å². The number of fused-ring (bicyclic) bond motifs is 1. The first-order valence-corrected chi connectivity index (χ1v) is 12.0. The normalized spacial score (nSPS) is 18.9. The highest BCUT2D eigenvalue weighted by Gasteiger charge is 2.46. The van der Waals surface area contributed by atoms with Crippen LogP contribution in [0.3, 0.4) is 0 Å². The van der Waals surface area contributed by atoms with Gasteiger partial charge in [-0.15, -0.1) is 11.3 Å². The number of carbonyl (C=O) groups excluding carboxylic acids is 1. The third-order valence-electron chi connectivity index (χ3n) is 5.51. The number of ether oxygens (including phenoxy) is 1. The summed E-state index contributed by atoms with van der Waals surface area (Å²) in [6.07, 6.45) is 0.456. The van der Waals surface area contributed by atoms with Crippen molar-refractivity contribution in [1.82, 2.24) is 9.79 Å². The zero-order valence-corrected chi connectivity index (χ0v) is 18.4. The maximum absolute atomic E-state index is 13.6. The Bertz CT molecular complexity index is 1160. The highest BCUT2D eigenvalue weighted by atomic mass is 32.2. The van der Waals surface area contributed by atoms with Gasteiger partial charge in [0.15, 0.2) is 0 Å². The van der Waals surface area contributed by atoms with Gasteiger partial charge in [-0.2, -0.15) is 4.31 Å². The van der Waals surface area contributed by atoms with E-state index in [1.807, 2.05) is 41.8 Å². The quantitative estimate of drug-likeness (QED) is 0.437. The fraction of sp³-hybridized carbons (Fsp3) is 0.227. The van der Waals surface area contributed by atoms with E-state index in [0.717, 1.165) is 16.0 Å². The molecule has 0 unspecified atom stereocenters. The van der Waals surface area contributed by atoms with Crippen LogP contribution >= 0.6 is 11.3 Å². The average Bonchev–Trinajstić information content (AvgIpc) is 3.28. The molecule has 4 rings (SSSR count). The second-order valence-corrected chi connectivity index (χ2v) is 10.1. The molecule has 0 radical (unpaired) electrons. The molecular weight excluding hydrogens is 436 g/mol. The van der Waals surface area contributed by atoms with Crippen molar-refractivity contribution in [3.8, 4) is 5.75 Å². The lowest BCUT2D eigenvalue weighted by atomic mass is 9.83. The second kappa shape index (κ2) is 8.80. The van der Waals surface area contributed by atoms with Crippen molar-refractivity contribution in [3.63, 3.8) is 0 Å². The van der Waals surface area contributed by atoms with Crippen molar-refractivity contribution in [3.05, 3.63) is 82.0 Å². The molecule has 31 heavy (non-hydrogen) atoms. The molecule has 0 saturated heterocycles. The molecule has 7 nitrogen and oxygen atoms in total. The van der Waals surface area contributed by atoms with Gasteiger partial charge in [0.1, 0.15) is 11.8 Å². The smallest absolute Gasteiger partial charge is 0.262 e. The maximum atomic E-state index is 13.6. The van der Waals surface area contributed by atoms with Crippen molar-refractivity contribution >= 4 is 27.3 Å². The number of nitrogens with zero attached hydrogens (tertiary/aromatic N) is 1. The molecule has 1 amide bonds. The Morgan fingerprint density at radius 3 is 2.52 bits per heavy atom. The number of amides is 1. The van der Waals surface area contributed by atoms with Crippen LogP contribution in [0.2, 0.25) is 0 Å². The summed E-state index contributed by atoms with van der Waals surface area (Å²) in [4.78, 5) is 13.8. The number of sulfonamides is 1. The van der Waals surface area contributed by atoms with Gasteiger partial charge in [-0.1, -0.05) is 30.3 Å². The van der Waals surface area contributed by atoms with Gasteiger partial charge in [0.25, 0.3) is 5.91 Å². The van der Waals surface area contributed by atoms with E-state index >= 15 is 0 Å². The van der Waals surface area contributed by atoms with Crippen LogP contribution in [0, 0.1) is 0 Å². The van der Waals surface area contributed by atoms with Crippen molar-refractivity contribution in [2.45, 2.75) is 29.8 Å². The van der Waals surface area contributed by atoms with Crippen LogP contribution in [0.4, 0.5) is 0 Å². The van der Waals surface area contributed by atoms with Crippen LogP contribution in [0.25, 0.3) is 0 Å². The zero-order valence-electron chi connectivity index (χ0n) is 16.8. The van der Waals surface area contributed by atoms with Gasteiger partial charge in [-0.05, 0) is 53.3 Å². The zero-order chi connectivity index (χ0) is 22.0. The predicted octanol–water partition coefficient (Wildman–Crippen LogP) is 3.16. The van der Waals surface area contributed by atoms with Crippen molar-refractivity contribution in [1.29, 1.82) is 0 Å². The molecule has 3 aromatic rings. The van der Waals surface area contributed by atoms with Crippen LogP contribution in [0.15, 0.2) is 70.9 Å². The Morgan fingerprint density at radius 2 is 1.87 bits per heavy atom. The predicted molar refractivity (Wildman–Crippen MR) is 117 cm³/mol. The average molecular weight is 459 g/mol. The van der Waals surface area contributed by atoms with Gasteiger partial charge in [-0.3, -0.25) is 10.0 Å². The van der Waals surface area contributed by atoms with Crippen LogP contribution in [0.5, 0.6) is 5.75 Å². The summed E-state index contributed by atoms with van der Waals surface area (Å²) in [5, 5.41) is 11.4. The molecule has 2 N–H and O–H groups in total. The number of hydrogen-bond acceptors (Lipinski definition) is 6. The summed E-state index contributed by atoms with van der Waals surface area (Å²) in [5.74, 6) is -0.669. The fourth-order valence-corrected chi connectivity index (χ4v) is 6.63. The molecule has 2 heterocycles. The number of methoxy groups -OCH3 is 1. The van der Waals surface area contributed by atoms with Crippen molar-refractivity contribution < 1.29 is 23.2 Å². The summed E-state index contributed by atoms with van der Waals surface area (Å²) in [7, 11) is -2.52. The van der Waals surface area contributed by atoms with Gasteiger partial charge in [0.05, 0.1) is 12.0 Å². The van der Waals surface area contributed by atoms with Gasteiger partial charge in [0, 0.05) is 17.3 Å². The summed E-state index contributed by atoms with van der Waals surface area (Å²) >= 11 is 1.46. The van der Waals surface area contributed by atoms with Crippen LogP contribution in [-0.4, -0.2) is 37.0 Å². The second-order valence-electron chi connectivity index (χ2n) is 7.24. The van der Waals surface area contributed by atoms with E-state index < -0.39 is 27.9 Å². The Kier molecular flexibility index (Phi) is 6.10. The lowest BCUT2D eigenvalue weighted by Crippen LogP contribution is -2.54. The van der Waals surface area contributed by atoms with Crippen LogP contribution in [-0.2, 0) is 27.8 Å². The summed E-state index contributed by atoms with van der Waals surface area (Å²) < 4.78 is 33.5.